The molecule has 0 unspecified atom stereocenters. The number of aromatic nitrogens is 4. The summed E-state index contributed by atoms with van der Waals surface area (Å²) in [5, 5.41) is 7.23. The topological polar surface area (TPSA) is 72.7 Å². The zero-order valence-corrected chi connectivity index (χ0v) is 13.3. The average molecular weight is 348 g/mol. The lowest BCUT2D eigenvalue weighted by molar-refractivity contribution is 0.102. The Labute approximate surface area is 142 Å². The first-order valence-corrected chi connectivity index (χ1v) is 7.42. The van der Waals surface area contributed by atoms with E-state index in [1.165, 1.54) is 18.5 Å². The highest BCUT2D eigenvalue weighted by molar-refractivity contribution is 6.35. The molecule has 0 aliphatic rings. The summed E-state index contributed by atoms with van der Waals surface area (Å²) in [7, 11) is 0. The van der Waals surface area contributed by atoms with Crippen molar-refractivity contribution in [2.24, 2.45) is 0 Å². The number of amides is 1. The lowest BCUT2D eigenvalue weighted by Gasteiger charge is -2.07. The van der Waals surface area contributed by atoms with Gasteiger partial charge in [0, 0.05) is 5.69 Å². The summed E-state index contributed by atoms with van der Waals surface area (Å²) >= 11 is 11.8. The predicted octanol–water partition coefficient (Wildman–Crippen LogP) is 3.28. The summed E-state index contributed by atoms with van der Waals surface area (Å²) in [4.78, 5) is 20.0. The molecule has 0 saturated heterocycles. The van der Waals surface area contributed by atoms with Gasteiger partial charge in [-0.05, 0) is 29.8 Å². The Balaban J connectivity index is 1.70. The van der Waals surface area contributed by atoms with Gasteiger partial charge < -0.3 is 5.32 Å². The number of nitrogens with zero attached hydrogens (tertiary/aromatic N) is 4. The molecule has 0 atom stereocenters. The summed E-state index contributed by atoms with van der Waals surface area (Å²) < 4.78 is 1.71. The van der Waals surface area contributed by atoms with Crippen molar-refractivity contribution >= 4 is 34.8 Å². The maximum Gasteiger partial charge on any atom is 0.275 e. The Morgan fingerprint density at radius 1 is 1.13 bits per heavy atom. The molecular formula is C15H11Cl2N5O. The fourth-order valence-corrected chi connectivity index (χ4v) is 2.30. The summed E-state index contributed by atoms with van der Waals surface area (Å²) in [5.74, 6) is -0.415. The van der Waals surface area contributed by atoms with Gasteiger partial charge in [-0.2, -0.15) is 5.10 Å². The lowest BCUT2D eigenvalue weighted by Crippen LogP contribution is -2.14. The first-order chi connectivity index (χ1) is 11.1. The zero-order chi connectivity index (χ0) is 16.2. The van der Waals surface area contributed by atoms with Gasteiger partial charge in [0.05, 0.1) is 11.6 Å². The molecule has 3 rings (SSSR count). The van der Waals surface area contributed by atoms with Crippen LogP contribution in [0.3, 0.4) is 0 Å². The third-order valence-electron chi connectivity index (χ3n) is 3.05. The van der Waals surface area contributed by atoms with Gasteiger partial charge in [0.15, 0.2) is 0 Å². The van der Waals surface area contributed by atoms with E-state index in [0.717, 1.165) is 5.56 Å². The van der Waals surface area contributed by atoms with Crippen LogP contribution in [-0.4, -0.2) is 25.7 Å². The van der Waals surface area contributed by atoms with Gasteiger partial charge >= 0.3 is 0 Å². The average Bonchev–Trinajstić information content (AvgIpc) is 3.04. The van der Waals surface area contributed by atoms with Gasteiger partial charge in [0.25, 0.3) is 5.91 Å². The fourth-order valence-electron chi connectivity index (χ4n) is 1.96. The van der Waals surface area contributed by atoms with Crippen LogP contribution in [0.15, 0.2) is 49.1 Å². The fraction of sp³-hybridized carbons (Fsp3) is 0.0667. The number of pyridine rings is 1. The second kappa shape index (κ2) is 6.76. The Morgan fingerprint density at radius 2 is 1.91 bits per heavy atom. The molecule has 0 aliphatic carbocycles. The van der Waals surface area contributed by atoms with Crippen molar-refractivity contribution in [2.75, 3.05) is 5.32 Å². The van der Waals surface area contributed by atoms with E-state index in [4.69, 9.17) is 23.2 Å². The predicted molar refractivity (Wildman–Crippen MR) is 87.8 cm³/mol. The molecule has 2 aromatic heterocycles. The van der Waals surface area contributed by atoms with Gasteiger partial charge in [0.2, 0.25) is 0 Å². The minimum Gasteiger partial charge on any atom is -0.321 e. The van der Waals surface area contributed by atoms with Crippen molar-refractivity contribution in [2.45, 2.75) is 6.54 Å². The summed E-state index contributed by atoms with van der Waals surface area (Å²) in [5.41, 5.74) is 1.76. The van der Waals surface area contributed by atoms with Crippen molar-refractivity contribution in [3.8, 4) is 0 Å². The van der Waals surface area contributed by atoms with Crippen LogP contribution in [0, 0.1) is 0 Å². The first kappa shape index (κ1) is 15.5. The van der Waals surface area contributed by atoms with Crippen LogP contribution < -0.4 is 5.32 Å². The third kappa shape index (κ3) is 3.85. The van der Waals surface area contributed by atoms with Crippen LogP contribution in [0.5, 0.6) is 0 Å². The molecule has 0 aliphatic heterocycles. The van der Waals surface area contributed by atoms with Gasteiger partial charge in [-0.1, -0.05) is 35.3 Å². The number of hydrogen-bond acceptors (Lipinski definition) is 4. The highest BCUT2D eigenvalue weighted by Gasteiger charge is 2.13. The van der Waals surface area contributed by atoms with Crippen molar-refractivity contribution in [3.63, 3.8) is 0 Å². The highest BCUT2D eigenvalue weighted by atomic mass is 35.5. The Bertz CT molecular complexity index is 818. The van der Waals surface area contributed by atoms with Crippen molar-refractivity contribution in [1.82, 2.24) is 19.7 Å². The number of carbonyl (C=O) groups excluding carboxylic acids is 1. The Kier molecular flexibility index (Phi) is 4.55. The number of nitrogens with one attached hydrogen (secondary N) is 1. The second-order valence-electron chi connectivity index (χ2n) is 4.71. The summed E-state index contributed by atoms with van der Waals surface area (Å²) in [6.45, 7) is 0.607. The molecule has 3 aromatic rings. The zero-order valence-electron chi connectivity index (χ0n) is 11.8. The Hall–Kier alpha value is -2.44. The molecule has 1 N–H and O–H groups in total. The van der Waals surface area contributed by atoms with Crippen molar-refractivity contribution in [1.29, 1.82) is 0 Å². The molecule has 6 nitrogen and oxygen atoms in total. The van der Waals surface area contributed by atoms with Gasteiger partial charge in [-0.3, -0.25) is 4.79 Å². The lowest BCUT2D eigenvalue weighted by atomic mass is 10.2. The van der Waals surface area contributed by atoms with Gasteiger partial charge in [-0.25, -0.2) is 14.6 Å². The van der Waals surface area contributed by atoms with E-state index in [0.29, 0.717) is 12.2 Å². The molecular weight excluding hydrogens is 337 g/mol. The minimum atomic E-state index is -0.415. The first-order valence-electron chi connectivity index (χ1n) is 6.66. The number of anilines is 1. The highest BCUT2D eigenvalue weighted by Crippen LogP contribution is 2.19. The van der Waals surface area contributed by atoms with Crippen LogP contribution in [-0.2, 0) is 6.54 Å². The van der Waals surface area contributed by atoms with Crippen LogP contribution in [0.2, 0.25) is 10.2 Å². The van der Waals surface area contributed by atoms with Crippen LogP contribution in [0.1, 0.15) is 16.1 Å². The van der Waals surface area contributed by atoms with E-state index in [2.05, 4.69) is 20.4 Å². The van der Waals surface area contributed by atoms with E-state index in [-0.39, 0.29) is 15.9 Å². The molecule has 116 valence electrons. The SMILES string of the molecule is O=C(Nc1ccc(Cn2cncn2)cc1)c1nc(Cl)ccc1Cl. The van der Waals surface area contributed by atoms with Crippen LogP contribution in [0.4, 0.5) is 5.69 Å². The van der Waals surface area contributed by atoms with E-state index < -0.39 is 5.91 Å². The Morgan fingerprint density at radius 3 is 2.61 bits per heavy atom. The maximum atomic E-state index is 12.2. The van der Waals surface area contributed by atoms with E-state index in [9.17, 15) is 4.79 Å². The standard InChI is InChI=1S/C15H11Cl2N5O/c16-12-5-6-13(17)21-14(12)15(23)20-11-3-1-10(2-4-11)7-22-9-18-8-19-22/h1-6,8-9H,7H2,(H,20,23). The number of benzene rings is 1. The van der Waals surface area contributed by atoms with Crippen LogP contribution >= 0.6 is 23.2 Å². The van der Waals surface area contributed by atoms with E-state index in [1.807, 2.05) is 12.1 Å². The molecule has 1 amide bonds. The molecule has 0 saturated carbocycles. The van der Waals surface area contributed by atoms with Crippen LogP contribution in [0.25, 0.3) is 0 Å². The molecule has 0 spiro atoms. The molecule has 0 radical (unpaired) electrons. The molecule has 0 bridgehead atoms. The van der Waals surface area contributed by atoms with Crippen molar-refractivity contribution < 1.29 is 4.79 Å². The monoisotopic (exact) mass is 347 g/mol. The minimum absolute atomic E-state index is 0.0888. The van der Waals surface area contributed by atoms with Gasteiger partial charge in [-0.15, -0.1) is 0 Å². The summed E-state index contributed by atoms with van der Waals surface area (Å²) in [6.07, 6.45) is 3.12. The third-order valence-corrected chi connectivity index (χ3v) is 3.57. The van der Waals surface area contributed by atoms with Gasteiger partial charge in [0.1, 0.15) is 23.5 Å². The van der Waals surface area contributed by atoms with Crippen molar-refractivity contribution in [3.05, 3.63) is 70.5 Å². The number of hydrogen-bond donors (Lipinski definition) is 1. The maximum absolute atomic E-state index is 12.2. The largest absolute Gasteiger partial charge is 0.321 e. The molecule has 23 heavy (non-hydrogen) atoms. The quantitative estimate of drug-likeness (QED) is 0.735. The molecule has 2 heterocycles. The number of carbonyl (C=O) groups is 1. The molecule has 1 aromatic carbocycles. The number of halogens is 2. The van der Waals surface area contributed by atoms with E-state index in [1.54, 1.807) is 23.1 Å². The number of rotatable bonds is 4. The summed E-state index contributed by atoms with van der Waals surface area (Å²) in [6, 6.07) is 10.4. The smallest absolute Gasteiger partial charge is 0.275 e. The van der Waals surface area contributed by atoms with E-state index >= 15 is 0 Å². The molecule has 0 fully saturated rings. The molecule has 8 heteroatoms. The normalized spacial score (nSPS) is 10.5. The second-order valence-corrected chi connectivity index (χ2v) is 5.50.